The summed E-state index contributed by atoms with van der Waals surface area (Å²) < 4.78 is 2.03. The lowest BCUT2D eigenvalue weighted by atomic mass is 10.0. The number of fused-ring (bicyclic) bond motifs is 1. The summed E-state index contributed by atoms with van der Waals surface area (Å²) in [5, 5.41) is 10.3. The average molecular weight is 523 g/mol. The van der Waals surface area contributed by atoms with Crippen molar-refractivity contribution >= 4 is 28.1 Å². The van der Waals surface area contributed by atoms with Gasteiger partial charge in [0.25, 0.3) is 0 Å². The molecule has 0 aliphatic carbocycles. The number of nitrogens with one attached hydrogen (secondary N) is 1. The van der Waals surface area contributed by atoms with Gasteiger partial charge in [-0.3, -0.25) is 9.58 Å². The summed E-state index contributed by atoms with van der Waals surface area (Å²) in [7, 11) is 6.30. The lowest BCUT2D eigenvalue weighted by Crippen LogP contribution is -2.57. The van der Waals surface area contributed by atoms with Gasteiger partial charge in [-0.2, -0.15) is 5.10 Å². The number of hydrogen-bond donors (Lipinski definition) is 1. The van der Waals surface area contributed by atoms with E-state index >= 15 is 0 Å². The quantitative estimate of drug-likeness (QED) is 0.355. The van der Waals surface area contributed by atoms with Crippen molar-refractivity contribution in [1.29, 1.82) is 0 Å². The molecule has 0 atom stereocenters. The Bertz CT molecular complexity index is 1480. The first-order valence-corrected chi connectivity index (χ1v) is 13.9. The van der Waals surface area contributed by atoms with E-state index < -0.39 is 0 Å². The molecule has 2 aliphatic rings. The molecule has 202 valence electrons. The van der Waals surface area contributed by atoms with Crippen molar-refractivity contribution in [3.05, 3.63) is 72.8 Å². The van der Waals surface area contributed by atoms with E-state index in [2.05, 4.69) is 93.1 Å². The summed E-state index contributed by atoms with van der Waals surface area (Å²) in [5.74, 6) is 1.76. The van der Waals surface area contributed by atoms with Crippen LogP contribution in [0.1, 0.15) is 30.5 Å². The normalized spacial score (nSPS) is 16.6. The smallest absolute Gasteiger partial charge is 0.130 e. The standard InChI is InChI=1S/C31H38N8/c1-22(23-10-11-32-31(16-23)39-19-27(20-39)36(2)3)35-30-15-26-14-24(8-9-25(26)17-33-30)28-18-34-37(4)29(28)21-38-12-6-5-7-13-38/h8-11,14-18,27H,1,5-7,12-13,19-21H2,2-4H3,(H,33,35). The zero-order chi connectivity index (χ0) is 26.9. The van der Waals surface area contributed by atoms with Gasteiger partial charge in [0, 0.05) is 67.3 Å². The summed E-state index contributed by atoms with van der Waals surface area (Å²) in [5.41, 5.74) is 5.48. The van der Waals surface area contributed by atoms with Gasteiger partial charge in [0.1, 0.15) is 11.6 Å². The number of pyridine rings is 2. The molecule has 2 fully saturated rings. The minimum Gasteiger partial charge on any atom is -0.353 e. The van der Waals surface area contributed by atoms with E-state index in [4.69, 9.17) is 0 Å². The molecule has 0 saturated carbocycles. The highest BCUT2D eigenvalue weighted by Crippen LogP contribution is 2.30. The van der Waals surface area contributed by atoms with E-state index in [0.29, 0.717) is 6.04 Å². The van der Waals surface area contributed by atoms with Gasteiger partial charge in [-0.1, -0.05) is 25.1 Å². The third-order valence-corrected chi connectivity index (χ3v) is 8.21. The summed E-state index contributed by atoms with van der Waals surface area (Å²) in [6.45, 7) is 9.56. The molecule has 5 heterocycles. The molecule has 4 aromatic rings. The van der Waals surface area contributed by atoms with Gasteiger partial charge in [0.05, 0.1) is 11.9 Å². The van der Waals surface area contributed by atoms with Gasteiger partial charge < -0.3 is 15.1 Å². The molecule has 8 heteroatoms. The number of anilines is 2. The van der Waals surface area contributed by atoms with Gasteiger partial charge in [-0.25, -0.2) is 9.97 Å². The first kappa shape index (κ1) is 25.5. The van der Waals surface area contributed by atoms with Crippen LogP contribution in [0.3, 0.4) is 0 Å². The van der Waals surface area contributed by atoms with Crippen LogP contribution < -0.4 is 10.2 Å². The first-order valence-electron chi connectivity index (χ1n) is 13.9. The molecule has 0 radical (unpaired) electrons. The van der Waals surface area contributed by atoms with Crippen LogP contribution in [0.2, 0.25) is 0 Å². The third-order valence-electron chi connectivity index (χ3n) is 8.21. The van der Waals surface area contributed by atoms with E-state index in [1.807, 2.05) is 29.3 Å². The van der Waals surface area contributed by atoms with Crippen molar-refractivity contribution in [3.8, 4) is 11.1 Å². The molecule has 1 N–H and O–H groups in total. The molecule has 0 amide bonds. The fourth-order valence-electron chi connectivity index (χ4n) is 5.57. The average Bonchev–Trinajstić information content (AvgIpc) is 3.27. The number of likely N-dealkylation sites (N-methyl/N-ethyl adjacent to an activating group) is 1. The van der Waals surface area contributed by atoms with Crippen molar-refractivity contribution < 1.29 is 0 Å². The summed E-state index contributed by atoms with van der Waals surface area (Å²) in [6.07, 6.45) is 9.69. The van der Waals surface area contributed by atoms with E-state index in [-0.39, 0.29) is 0 Å². The molecule has 3 aromatic heterocycles. The second-order valence-electron chi connectivity index (χ2n) is 11.1. The van der Waals surface area contributed by atoms with Crippen LogP contribution in [-0.2, 0) is 13.6 Å². The number of nitrogens with zero attached hydrogens (tertiary/aromatic N) is 7. The zero-order valence-corrected chi connectivity index (χ0v) is 23.3. The first-order chi connectivity index (χ1) is 18.9. The lowest BCUT2D eigenvalue weighted by Gasteiger charge is -2.43. The maximum absolute atomic E-state index is 4.66. The molecular weight excluding hydrogens is 484 g/mol. The highest BCUT2D eigenvalue weighted by molar-refractivity contribution is 5.90. The number of benzene rings is 1. The van der Waals surface area contributed by atoms with E-state index in [0.717, 1.165) is 53.3 Å². The summed E-state index contributed by atoms with van der Waals surface area (Å²) in [6, 6.07) is 13.4. The van der Waals surface area contributed by atoms with Crippen LogP contribution in [-0.4, -0.2) is 75.9 Å². The summed E-state index contributed by atoms with van der Waals surface area (Å²) >= 11 is 0. The highest BCUT2D eigenvalue weighted by atomic mass is 15.3. The Morgan fingerprint density at radius 3 is 2.62 bits per heavy atom. The Kier molecular flexibility index (Phi) is 7.06. The van der Waals surface area contributed by atoms with Gasteiger partial charge in [-0.15, -0.1) is 0 Å². The zero-order valence-electron chi connectivity index (χ0n) is 23.3. The number of aryl methyl sites for hydroxylation is 1. The summed E-state index contributed by atoms with van der Waals surface area (Å²) in [4.78, 5) is 16.4. The van der Waals surface area contributed by atoms with Gasteiger partial charge in [-0.05, 0) is 75.2 Å². The number of hydrogen-bond acceptors (Lipinski definition) is 7. The largest absolute Gasteiger partial charge is 0.353 e. The maximum Gasteiger partial charge on any atom is 0.130 e. The van der Waals surface area contributed by atoms with Crippen LogP contribution in [0.15, 0.2) is 61.6 Å². The Morgan fingerprint density at radius 2 is 1.82 bits per heavy atom. The van der Waals surface area contributed by atoms with Crippen molar-refractivity contribution in [2.75, 3.05) is 50.5 Å². The number of aromatic nitrogens is 4. The number of likely N-dealkylation sites (tertiary alicyclic amines) is 1. The van der Waals surface area contributed by atoms with E-state index in [1.165, 1.54) is 49.2 Å². The van der Waals surface area contributed by atoms with Gasteiger partial charge >= 0.3 is 0 Å². The van der Waals surface area contributed by atoms with E-state index in [1.54, 1.807) is 0 Å². The van der Waals surface area contributed by atoms with Crippen LogP contribution >= 0.6 is 0 Å². The highest BCUT2D eigenvalue weighted by Gasteiger charge is 2.29. The van der Waals surface area contributed by atoms with Gasteiger partial charge in [0.15, 0.2) is 0 Å². The molecular formula is C31H38N8. The Balaban J connectivity index is 1.20. The van der Waals surface area contributed by atoms with Crippen molar-refractivity contribution in [2.24, 2.45) is 7.05 Å². The van der Waals surface area contributed by atoms with Crippen molar-refractivity contribution in [1.82, 2.24) is 29.5 Å². The SMILES string of the molecule is C=C(Nc1cc2cc(-c3cnn(C)c3CN3CCCCC3)ccc2cn1)c1ccnc(N2CC(N(C)C)C2)c1. The molecule has 1 aromatic carbocycles. The predicted octanol–water partition coefficient (Wildman–Crippen LogP) is 4.85. The molecule has 8 nitrogen and oxygen atoms in total. The fourth-order valence-corrected chi connectivity index (χ4v) is 5.57. The molecule has 0 spiro atoms. The molecule has 6 rings (SSSR count). The van der Waals surface area contributed by atoms with Crippen molar-refractivity contribution in [2.45, 2.75) is 31.8 Å². The van der Waals surface area contributed by atoms with Crippen LogP contribution in [0.25, 0.3) is 27.6 Å². The molecule has 39 heavy (non-hydrogen) atoms. The van der Waals surface area contributed by atoms with E-state index in [9.17, 15) is 0 Å². The lowest BCUT2D eigenvalue weighted by molar-refractivity contribution is 0.216. The Hall–Kier alpha value is -3.75. The van der Waals surface area contributed by atoms with Crippen molar-refractivity contribution in [3.63, 3.8) is 0 Å². The number of rotatable bonds is 8. The molecule has 2 saturated heterocycles. The molecule has 0 bridgehead atoms. The monoisotopic (exact) mass is 522 g/mol. The second kappa shape index (κ2) is 10.8. The minimum atomic E-state index is 0.580. The molecule has 2 aliphatic heterocycles. The minimum absolute atomic E-state index is 0.580. The number of piperidine rings is 1. The predicted molar refractivity (Wildman–Crippen MR) is 160 cm³/mol. The second-order valence-corrected chi connectivity index (χ2v) is 11.1. The maximum atomic E-state index is 4.66. The van der Waals surface area contributed by atoms with Gasteiger partial charge in [0.2, 0.25) is 0 Å². The van der Waals surface area contributed by atoms with Crippen LogP contribution in [0.4, 0.5) is 11.6 Å². The third kappa shape index (κ3) is 5.40. The Labute approximate surface area is 231 Å². The molecule has 0 unspecified atom stereocenters. The fraction of sp³-hybridized carbons (Fsp3) is 0.387. The Morgan fingerprint density at radius 1 is 1.00 bits per heavy atom. The topological polar surface area (TPSA) is 65.4 Å². The van der Waals surface area contributed by atoms with Crippen LogP contribution in [0, 0.1) is 0 Å². The van der Waals surface area contributed by atoms with Crippen LogP contribution in [0.5, 0.6) is 0 Å².